The topological polar surface area (TPSA) is 40.5 Å². The maximum absolute atomic E-state index is 11.1. The summed E-state index contributed by atoms with van der Waals surface area (Å²) in [6.45, 7) is 2.01. The lowest BCUT2D eigenvalue weighted by Crippen LogP contribution is -2.34. The molecular weight excluding hydrogens is 294 g/mol. The lowest BCUT2D eigenvalue weighted by molar-refractivity contribution is -0.138. The summed E-state index contributed by atoms with van der Waals surface area (Å²) in [5.74, 6) is -0.731. The summed E-state index contributed by atoms with van der Waals surface area (Å²) in [5, 5.41) is 9.11. The van der Waals surface area contributed by atoms with Crippen molar-refractivity contribution < 1.29 is 9.90 Å². The number of halogens is 1. The molecule has 0 amide bonds. The summed E-state index contributed by atoms with van der Waals surface area (Å²) in [6.07, 6.45) is 3.78. The minimum absolute atomic E-state index is 0.000278. The van der Waals surface area contributed by atoms with Gasteiger partial charge in [-0.2, -0.15) is 0 Å². The molecule has 0 radical (unpaired) electrons. The average molecular weight is 312 g/mol. The van der Waals surface area contributed by atoms with Gasteiger partial charge in [0.2, 0.25) is 0 Å². The molecule has 1 aliphatic rings. The highest BCUT2D eigenvalue weighted by Gasteiger charge is 2.24. The number of carbonyl (C=O) groups is 1. The maximum Gasteiger partial charge on any atom is 0.305 e. The number of likely N-dealkylation sites (tertiary alicyclic amines) is 1. The van der Waals surface area contributed by atoms with Crippen LogP contribution in [0.2, 0.25) is 0 Å². The minimum atomic E-state index is -0.731. The van der Waals surface area contributed by atoms with Crippen molar-refractivity contribution in [3.63, 3.8) is 0 Å². The quantitative estimate of drug-likeness (QED) is 0.926. The van der Waals surface area contributed by atoms with Gasteiger partial charge >= 0.3 is 5.97 Å². The molecule has 1 heterocycles. The lowest BCUT2D eigenvalue weighted by Gasteiger charge is -2.34. The number of piperidine rings is 1. The zero-order valence-electron chi connectivity index (χ0n) is 10.3. The van der Waals surface area contributed by atoms with Gasteiger partial charge in [0.1, 0.15) is 0 Å². The molecule has 1 aromatic carbocycles. The summed E-state index contributed by atoms with van der Waals surface area (Å²) >= 11 is 3.45. The predicted octanol–water partition coefficient (Wildman–Crippen LogP) is 3.45. The third-order valence-corrected chi connectivity index (χ3v) is 3.93. The molecule has 98 valence electrons. The van der Waals surface area contributed by atoms with Gasteiger partial charge in [0.05, 0.1) is 6.42 Å². The van der Waals surface area contributed by atoms with Crippen LogP contribution < -0.4 is 0 Å². The first-order valence-electron chi connectivity index (χ1n) is 6.38. The van der Waals surface area contributed by atoms with E-state index >= 15 is 0 Å². The minimum Gasteiger partial charge on any atom is -0.481 e. The van der Waals surface area contributed by atoms with E-state index in [9.17, 15) is 4.79 Å². The standard InChI is InChI=1S/C14H18BrNO2/c15-12-6-4-5-11(9-12)13(10-14(17)18)16-7-2-1-3-8-16/h4-6,9,13H,1-3,7-8,10H2,(H,17,18). The monoisotopic (exact) mass is 311 g/mol. The van der Waals surface area contributed by atoms with Crippen LogP contribution in [0, 0.1) is 0 Å². The van der Waals surface area contributed by atoms with Crippen LogP contribution in [0.15, 0.2) is 28.7 Å². The Labute approximate surface area is 116 Å². The van der Waals surface area contributed by atoms with Gasteiger partial charge in [0.25, 0.3) is 0 Å². The molecule has 2 rings (SSSR count). The molecule has 0 bridgehead atoms. The molecule has 0 aromatic heterocycles. The number of hydrogen-bond acceptors (Lipinski definition) is 2. The number of hydrogen-bond donors (Lipinski definition) is 1. The van der Waals surface area contributed by atoms with Crippen molar-refractivity contribution in [2.45, 2.75) is 31.7 Å². The molecular formula is C14H18BrNO2. The molecule has 1 saturated heterocycles. The van der Waals surface area contributed by atoms with Crippen LogP contribution in [0.5, 0.6) is 0 Å². The predicted molar refractivity (Wildman–Crippen MR) is 74.6 cm³/mol. The fourth-order valence-corrected chi connectivity index (χ4v) is 2.98. The molecule has 1 aliphatic heterocycles. The first-order valence-corrected chi connectivity index (χ1v) is 7.17. The normalized spacial score (nSPS) is 18.5. The fraction of sp³-hybridized carbons (Fsp3) is 0.500. The molecule has 0 saturated carbocycles. The molecule has 0 aliphatic carbocycles. The van der Waals surface area contributed by atoms with Crippen molar-refractivity contribution >= 4 is 21.9 Å². The van der Waals surface area contributed by atoms with Crippen molar-refractivity contribution in [3.05, 3.63) is 34.3 Å². The fourth-order valence-electron chi connectivity index (χ4n) is 2.57. The highest BCUT2D eigenvalue weighted by atomic mass is 79.9. The molecule has 1 atom stereocenters. The summed E-state index contributed by atoms with van der Waals surface area (Å²) in [4.78, 5) is 13.4. The molecule has 1 unspecified atom stereocenters. The van der Waals surface area contributed by atoms with Crippen molar-refractivity contribution in [1.29, 1.82) is 0 Å². The Bertz CT molecular complexity index is 416. The molecule has 3 nitrogen and oxygen atoms in total. The van der Waals surface area contributed by atoms with E-state index in [1.54, 1.807) is 0 Å². The Morgan fingerprint density at radius 3 is 2.67 bits per heavy atom. The molecule has 1 aromatic rings. The zero-order valence-corrected chi connectivity index (χ0v) is 11.9. The van der Waals surface area contributed by atoms with Crippen LogP contribution in [0.1, 0.15) is 37.3 Å². The van der Waals surface area contributed by atoms with Crippen LogP contribution in [0.25, 0.3) is 0 Å². The number of carboxylic acids is 1. The summed E-state index contributed by atoms with van der Waals surface area (Å²) in [6, 6.07) is 7.99. The number of rotatable bonds is 4. The Hall–Kier alpha value is -0.870. The second-order valence-electron chi connectivity index (χ2n) is 4.77. The Kier molecular flexibility index (Phi) is 4.78. The van der Waals surface area contributed by atoms with Gasteiger partial charge in [0.15, 0.2) is 0 Å². The Morgan fingerprint density at radius 1 is 1.33 bits per heavy atom. The van der Waals surface area contributed by atoms with Crippen LogP contribution in [0.3, 0.4) is 0 Å². The van der Waals surface area contributed by atoms with Gasteiger partial charge in [-0.05, 0) is 43.6 Å². The van der Waals surface area contributed by atoms with E-state index in [2.05, 4.69) is 20.8 Å². The molecule has 18 heavy (non-hydrogen) atoms. The second-order valence-corrected chi connectivity index (χ2v) is 5.68. The summed E-state index contributed by atoms with van der Waals surface area (Å²) in [7, 11) is 0. The largest absolute Gasteiger partial charge is 0.481 e. The van der Waals surface area contributed by atoms with Crippen molar-refractivity contribution in [2.24, 2.45) is 0 Å². The van der Waals surface area contributed by atoms with Gasteiger partial charge in [-0.25, -0.2) is 0 Å². The van der Waals surface area contributed by atoms with E-state index in [0.717, 1.165) is 23.1 Å². The first-order chi connectivity index (χ1) is 8.66. The van der Waals surface area contributed by atoms with E-state index < -0.39 is 5.97 Å². The lowest BCUT2D eigenvalue weighted by atomic mass is 9.99. The van der Waals surface area contributed by atoms with Gasteiger partial charge in [-0.1, -0.05) is 34.5 Å². The Balaban J connectivity index is 2.20. The van der Waals surface area contributed by atoms with Crippen molar-refractivity contribution in [1.82, 2.24) is 4.90 Å². The van der Waals surface area contributed by atoms with Gasteiger partial charge in [0, 0.05) is 10.5 Å². The van der Waals surface area contributed by atoms with E-state index in [1.165, 1.54) is 19.3 Å². The highest BCUT2D eigenvalue weighted by molar-refractivity contribution is 9.10. The summed E-state index contributed by atoms with van der Waals surface area (Å²) < 4.78 is 1.01. The first kappa shape index (κ1) is 13.6. The van der Waals surface area contributed by atoms with Crippen molar-refractivity contribution in [2.75, 3.05) is 13.1 Å². The van der Waals surface area contributed by atoms with Crippen LogP contribution >= 0.6 is 15.9 Å². The number of aliphatic carboxylic acids is 1. The van der Waals surface area contributed by atoms with E-state index in [1.807, 2.05) is 24.3 Å². The van der Waals surface area contributed by atoms with Crippen LogP contribution in [-0.4, -0.2) is 29.1 Å². The molecule has 0 spiro atoms. The molecule has 1 N–H and O–H groups in total. The Morgan fingerprint density at radius 2 is 2.06 bits per heavy atom. The SMILES string of the molecule is O=C(O)CC(c1cccc(Br)c1)N1CCCCC1. The van der Waals surface area contributed by atoms with E-state index in [0.29, 0.717) is 0 Å². The summed E-state index contributed by atoms with van der Waals surface area (Å²) in [5.41, 5.74) is 1.09. The number of benzene rings is 1. The van der Waals surface area contributed by atoms with Crippen LogP contribution in [-0.2, 0) is 4.79 Å². The van der Waals surface area contributed by atoms with Gasteiger partial charge in [-0.15, -0.1) is 0 Å². The van der Waals surface area contributed by atoms with Crippen molar-refractivity contribution in [3.8, 4) is 0 Å². The van der Waals surface area contributed by atoms with Crippen LogP contribution in [0.4, 0.5) is 0 Å². The third-order valence-electron chi connectivity index (χ3n) is 3.43. The van der Waals surface area contributed by atoms with Gasteiger partial charge in [-0.3, -0.25) is 9.69 Å². The van der Waals surface area contributed by atoms with Gasteiger partial charge < -0.3 is 5.11 Å². The maximum atomic E-state index is 11.1. The number of nitrogens with zero attached hydrogens (tertiary/aromatic N) is 1. The zero-order chi connectivity index (χ0) is 13.0. The number of carboxylic acid groups (broad SMARTS) is 1. The smallest absolute Gasteiger partial charge is 0.305 e. The molecule has 1 fully saturated rings. The third kappa shape index (κ3) is 3.56. The second kappa shape index (κ2) is 6.34. The average Bonchev–Trinajstić information content (AvgIpc) is 2.37. The highest BCUT2D eigenvalue weighted by Crippen LogP contribution is 2.29. The molecule has 4 heteroatoms. The van der Waals surface area contributed by atoms with E-state index in [-0.39, 0.29) is 12.5 Å². The van der Waals surface area contributed by atoms with E-state index in [4.69, 9.17) is 5.11 Å².